The zero-order chi connectivity index (χ0) is 16.1. The molecule has 3 rings (SSSR count). The van der Waals surface area contributed by atoms with E-state index in [4.69, 9.17) is 14.0 Å². The second kappa shape index (κ2) is 5.13. The van der Waals surface area contributed by atoms with Crippen LogP contribution in [0.3, 0.4) is 0 Å². The van der Waals surface area contributed by atoms with Gasteiger partial charge in [-0.05, 0) is 40.5 Å². The largest absolute Gasteiger partial charge is 0.500 e. The van der Waals surface area contributed by atoms with Gasteiger partial charge in [0.2, 0.25) is 0 Å². The van der Waals surface area contributed by atoms with Crippen LogP contribution in [0.1, 0.15) is 40.5 Å². The van der Waals surface area contributed by atoms with Crippen LogP contribution in [-0.4, -0.2) is 43.5 Å². The molecule has 0 aromatic carbocycles. The van der Waals surface area contributed by atoms with E-state index in [0.717, 1.165) is 29.9 Å². The number of hydrogen-bond acceptors (Lipinski definition) is 5. The summed E-state index contributed by atoms with van der Waals surface area (Å²) in [5.74, 6) is 1.69. The fraction of sp³-hybridized carbons (Fsp3) is 0.688. The van der Waals surface area contributed by atoms with Crippen molar-refractivity contribution in [1.82, 2.24) is 4.98 Å². The summed E-state index contributed by atoms with van der Waals surface area (Å²) < 4.78 is 18.3. The number of aromatic nitrogens is 1. The van der Waals surface area contributed by atoms with E-state index in [9.17, 15) is 0 Å². The molecule has 0 bridgehead atoms. The summed E-state index contributed by atoms with van der Waals surface area (Å²) in [4.78, 5) is 6.46. The summed E-state index contributed by atoms with van der Waals surface area (Å²) in [6.07, 6.45) is 4.36. The molecule has 2 fully saturated rings. The lowest BCUT2D eigenvalue weighted by Crippen LogP contribution is -2.41. The summed E-state index contributed by atoms with van der Waals surface area (Å²) in [6.45, 7) is 8.21. The van der Waals surface area contributed by atoms with E-state index in [1.165, 1.54) is 0 Å². The van der Waals surface area contributed by atoms with Crippen LogP contribution < -0.4 is 15.1 Å². The Bertz CT molecular complexity index is 555. The molecular formula is C16H25BN2O3. The van der Waals surface area contributed by atoms with Crippen molar-refractivity contribution in [1.29, 1.82) is 0 Å². The first kappa shape index (κ1) is 15.6. The fourth-order valence-electron chi connectivity index (χ4n) is 2.30. The van der Waals surface area contributed by atoms with Crippen molar-refractivity contribution in [2.75, 3.05) is 19.0 Å². The highest BCUT2D eigenvalue weighted by Crippen LogP contribution is 2.37. The van der Waals surface area contributed by atoms with Gasteiger partial charge in [-0.3, -0.25) is 0 Å². The van der Waals surface area contributed by atoms with Gasteiger partial charge in [0.15, 0.2) is 0 Å². The molecule has 6 heteroatoms. The van der Waals surface area contributed by atoms with Crippen molar-refractivity contribution in [3.63, 3.8) is 0 Å². The Labute approximate surface area is 133 Å². The molecule has 5 nitrogen and oxygen atoms in total. The Morgan fingerprint density at radius 1 is 1.18 bits per heavy atom. The van der Waals surface area contributed by atoms with Crippen LogP contribution in [0.5, 0.6) is 5.75 Å². The van der Waals surface area contributed by atoms with Crippen molar-refractivity contribution in [2.24, 2.45) is 0 Å². The van der Waals surface area contributed by atoms with Crippen molar-refractivity contribution < 1.29 is 14.0 Å². The van der Waals surface area contributed by atoms with Crippen LogP contribution in [0.4, 0.5) is 5.82 Å². The molecule has 0 atom stereocenters. The molecule has 1 aliphatic heterocycles. The third-order valence-electron chi connectivity index (χ3n) is 4.66. The number of nitrogens with zero attached hydrogens (tertiary/aromatic N) is 2. The number of pyridine rings is 1. The van der Waals surface area contributed by atoms with Gasteiger partial charge >= 0.3 is 7.12 Å². The second-order valence-electron chi connectivity index (χ2n) is 7.38. The highest BCUT2D eigenvalue weighted by molar-refractivity contribution is 6.63. The van der Waals surface area contributed by atoms with E-state index >= 15 is 0 Å². The lowest BCUT2D eigenvalue weighted by molar-refractivity contribution is 0.00578. The second-order valence-corrected chi connectivity index (χ2v) is 7.38. The van der Waals surface area contributed by atoms with Gasteiger partial charge in [-0.2, -0.15) is 0 Å². The van der Waals surface area contributed by atoms with Crippen molar-refractivity contribution in [2.45, 2.75) is 57.8 Å². The molecule has 1 saturated carbocycles. The zero-order valence-corrected chi connectivity index (χ0v) is 14.3. The average molecular weight is 304 g/mol. The van der Waals surface area contributed by atoms with Crippen molar-refractivity contribution >= 4 is 18.4 Å². The normalized spacial score (nSPS) is 22.7. The fourth-order valence-corrected chi connectivity index (χ4v) is 2.30. The van der Waals surface area contributed by atoms with Gasteiger partial charge in [0.05, 0.1) is 17.3 Å². The van der Waals surface area contributed by atoms with Crippen LogP contribution >= 0.6 is 0 Å². The molecule has 2 aliphatic rings. The van der Waals surface area contributed by atoms with Gasteiger partial charge in [-0.1, -0.05) is 0 Å². The number of anilines is 1. The molecule has 1 aromatic heterocycles. The van der Waals surface area contributed by atoms with Gasteiger partial charge in [-0.25, -0.2) is 4.98 Å². The Balaban J connectivity index is 1.92. The molecule has 1 aliphatic carbocycles. The topological polar surface area (TPSA) is 43.8 Å². The average Bonchev–Trinajstić information content (AvgIpc) is 3.17. The highest BCUT2D eigenvalue weighted by Gasteiger charge is 2.52. The lowest BCUT2D eigenvalue weighted by atomic mass is 9.79. The Hall–Kier alpha value is -1.27. The molecule has 0 radical (unpaired) electrons. The molecule has 120 valence electrons. The summed E-state index contributed by atoms with van der Waals surface area (Å²) in [5.41, 5.74) is 0.139. The minimum absolute atomic E-state index is 0.318. The Morgan fingerprint density at radius 2 is 1.77 bits per heavy atom. The predicted molar refractivity (Wildman–Crippen MR) is 87.9 cm³/mol. The van der Waals surface area contributed by atoms with Crippen LogP contribution in [0.15, 0.2) is 12.3 Å². The van der Waals surface area contributed by atoms with E-state index in [2.05, 4.69) is 32.7 Å². The lowest BCUT2D eigenvalue weighted by Gasteiger charge is -2.32. The van der Waals surface area contributed by atoms with Crippen LogP contribution in [0.2, 0.25) is 0 Å². The molecule has 0 unspecified atom stereocenters. The van der Waals surface area contributed by atoms with Gasteiger partial charge in [0.25, 0.3) is 0 Å². The minimum Gasteiger partial charge on any atom is -0.491 e. The quantitative estimate of drug-likeness (QED) is 0.796. The van der Waals surface area contributed by atoms with Crippen LogP contribution in [0.25, 0.3) is 0 Å². The number of hydrogen-bond donors (Lipinski definition) is 0. The Kier molecular flexibility index (Phi) is 3.65. The Morgan fingerprint density at radius 3 is 2.27 bits per heavy atom. The van der Waals surface area contributed by atoms with Crippen LogP contribution in [0, 0.1) is 0 Å². The molecule has 1 saturated heterocycles. The maximum Gasteiger partial charge on any atom is 0.500 e. The maximum atomic E-state index is 6.14. The molecule has 22 heavy (non-hydrogen) atoms. The van der Waals surface area contributed by atoms with E-state index in [0.29, 0.717) is 6.10 Å². The van der Waals surface area contributed by atoms with Crippen molar-refractivity contribution in [3.05, 3.63) is 12.3 Å². The standard InChI is InChI=1S/C16H25BN2O3/c1-15(2)16(3,4)22-17(21-15)12-10-18-14(19(5)6)9-13(12)20-11-7-8-11/h9-11H,7-8H2,1-6H3. The first-order valence-corrected chi connectivity index (χ1v) is 7.89. The van der Waals surface area contributed by atoms with Gasteiger partial charge < -0.3 is 18.9 Å². The van der Waals surface area contributed by atoms with E-state index in [1.54, 1.807) is 0 Å². The zero-order valence-electron chi connectivity index (χ0n) is 14.3. The number of ether oxygens (including phenoxy) is 1. The third kappa shape index (κ3) is 2.82. The molecule has 0 amide bonds. The summed E-state index contributed by atoms with van der Waals surface area (Å²) >= 11 is 0. The molecule has 0 spiro atoms. The van der Waals surface area contributed by atoms with E-state index in [1.807, 2.05) is 31.3 Å². The highest BCUT2D eigenvalue weighted by atomic mass is 16.7. The molecule has 2 heterocycles. The summed E-state index contributed by atoms with van der Waals surface area (Å²) in [6, 6.07) is 1.97. The summed E-state index contributed by atoms with van der Waals surface area (Å²) in [5, 5.41) is 0. The molecule has 0 N–H and O–H groups in total. The van der Waals surface area contributed by atoms with E-state index < -0.39 is 7.12 Å². The first-order chi connectivity index (χ1) is 10.2. The molecular weight excluding hydrogens is 279 g/mol. The first-order valence-electron chi connectivity index (χ1n) is 7.89. The monoisotopic (exact) mass is 304 g/mol. The van der Waals surface area contributed by atoms with Gasteiger partial charge in [-0.15, -0.1) is 0 Å². The van der Waals surface area contributed by atoms with Gasteiger partial charge in [0, 0.05) is 31.8 Å². The maximum absolute atomic E-state index is 6.14. The molecule has 1 aromatic rings. The predicted octanol–water partition coefficient (Wildman–Crippen LogP) is 1.99. The van der Waals surface area contributed by atoms with Crippen LogP contribution in [-0.2, 0) is 9.31 Å². The smallest absolute Gasteiger partial charge is 0.491 e. The number of rotatable bonds is 4. The van der Waals surface area contributed by atoms with Gasteiger partial charge in [0.1, 0.15) is 11.6 Å². The van der Waals surface area contributed by atoms with E-state index in [-0.39, 0.29) is 11.2 Å². The van der Waals surface area contributed by atoms with Crippen molar-refractivity contribution in [3.8, 4) is 5.75 Å². The SMILES string of the molecule is CN(C)c1cc(OC2CC2)c(B2OC(C)(C)C(C)(C)O2)cn1. The minimum atomic E-state index is -0.442. The third-order valence-corrected chi connectivity index (χ3v) is 4.66. The summed E-state index contributed by atoms with van der Waals surface area (Å²) in [7, 11) is 3.50.